The molecule has 3 aromatic rings. The molecule has 2 N–H and O–H groups in total. The molecular weight excluding hydrogens is 380 g/mol. The van der Waals surface area contributed by atoms with Gasteiger partial charge in [0.2, 0.25) is 0 Å². The fourth-order valence-electron chi connectivity index (χ4n) is 2.60. The van der Waals surface area contributed by atoms with Crippen molar-refractivity contribution in [2.75, 3.05) is 10.6 Å². The highest BCUT2D eigenvalue weighted by atomic mass is 35.5. The molecule has 138 valence electrons. The Morgan fingerprint density at radius 1 is 1.00 bits per heavy atom. The fraction of sp³-hybridized carbons (Fsp3) is 0.143. The first kappa shape index (κ1) is 19.1. The van der Waals surface area contributed by atoms with Crippen LogP contribution in [0.3, 0.4) is 0 Å². The van der Waals surface area contributed by atoms with Crippen LogP contribution < -0.4 is 10.6 Å². The molecule has 0 aliphatic heterocycles. The van der Waals surface area contributed by atoms with Crippen molar-refractivity contribution in [3.8, 4) is 0 Å². The summed E-state index contributed by atoms with van der Waals surface area (Å²) in [6, 6.07) is 16.1. The third-order valence-corrected chi connectivity index (χ3v) is 5.17. The van der Waals surface area contributed by atoms with E-state index in [4.69, 9.17) is 11.6 Å². The first-order valence-electron chi connectivity index (χ1n) is 8.61. The minimum absolute atomic E-state index is 0.254. The zero-order valence-corrected chi connectivity index (χ0v) is 16.4. The van der Waals surface area contributed by atoms with Crippen LogP contribution in [0.2, 0.25) is 5.02 Å². The Hall–Kier alpha value is -2.63. The number of halogens is 1. The Bertz CT molecular complexity index is 937. The Morgan fingerprint density at radius 2 is 1.78 bits per heavy atom. The predicted octanol–water partition coefficient (Wildman–Crippen LogP) is 5.86. The lowest BCUT2D eigenvalue weighted by molar-refractivity contribution is 0.101. The van der Waals surface area contributed by atoms with Crippen LogP contribution in [0, 0.1) is 0 Å². The van der Waals surface area contributed by atoms with Gasteiger partial charge in [0, 0.05) is 11.3 Å². The number of thiophene rings is 1. The molecule has 3 rings (SSSR count). The van der Waals surface area contributed by atoms with E-state index in [0.29, 0.717) is 21.2 Å². The van der Waals surface area contributed by atoms with Gasteiger partial charge in [-0.05, 0) is 53.8 Å². The highest BCUT2D eigenvalue weighted by molar-refractivity contribution is 7.12. The highest BCUT2D eigenvalue weighted by Crippen LogP contribution is 2.25. The number of carbonyl (C=O) groups excluding carboxylic acids is 2. The van der Waals surface area contributed by atoms with Crippen LogP contribution >= 0.6 is 22.9 Å². The average Bonchev–Trinajstić information content (AvgIpc) is 3.20. The van der Waals surface area contributed by atoms with Crippen molar-refractivity contribution in [2.24, 2.45) is 0 Å². The molecule has 0 saturated carbocycles. The van der Waals surface area contributed by atoms with Gasteiger partial charge >= 0.3 is 0 Å². The number of anilines is 2. The van der Waals surface area contributed by atoms with E-state index in [9.17, 15) is 9.59 Å². The van der Waals surface area contributed by atoms with Crippen molar-refractivity contribution in [3.05, 3.63) is 81.0 Å². The second-order valence-electron chi connectivity index (χ2n) is 6.03. The lowest BCUT2D eigenvalue weighted by Gasteiger charge is -2.10. The number of amides is 2. The van der Waals surface area contributed by atoms with Crippen LogP contribution in [0.25, 0.3) is 0 Å². The first-order valence-corrected chi connectivity index (χ1v) is 9.87. The van der Waals surface area contributed by atoms with E-state index in [-0.39, 0.29) is 11.8 Å². The maximum Gasteiger partial charge on any atom is 0.265 e. The van der Waals surface area contributed by atoms with E-state index < -0.39 is 0 Å². The van der Waals surface area contributed by atoms with Gasteiger partial charge in [-0.2, -0.15) is 0 Å². The largest absolute Gasteiger partial charge is 0.322 e. The zero-order chi connectivity index (χ0) is 19.2. The molecule has 0 fully saturated rings. The quantitative estimate of drug-likeness (QED) is 0.546. The molecule has 0 bridgehead atoms. The number of rotatable bonds is 6. The number of benzene rings is 2. The average molecular weight is 399 g/mol. The molecule has 0 aliphatic rings. The summed E-state index contributed by atoms with van der Waals surface area (Å²) in [5.74, 6) is -0.516. The predicted molar refractivity (Wildman–Crippen MR) is 112 cm³/mol. The lowest BCUT2D eigenvalue weighted by atomic mass is 10.1. The van der Waals surface area contributed by atoms with Crippen LogP contribution in [-0.2, 0) is 6.42 Å². The van der Waals surface area contributed by atoms with E-state index in [1.807, 2.05) is 29.6 Å². The normalized spacial score (nSPS) is 10.4. The molecule has 4 nitrogen and oxygen atoms in total. The van der Waals surface area contributed by atoms with Crippen molar-refractivity contribution in [2.45, 2.75) is 19.8 Å². The molecule has 0 radical (unpaired) electrons. The van der Waals surface area contributed by atoms with Gasteiger partial charge in [0.25, 0.3) is 11.8 Å². The van der Waals surface area contributed by atoms with Gasteiger partial charge in [-0.15, -0.1) is 11.3 Å². The fourth-order valence-corrected chi connectivity index (χ4v) is 3.38. The van der Waals surface area contributed by atoms with Crippen molar-refractivity contribution in [1.29, 1.82) is 0 Å². The standard InChI is InChI=1S/C21H19ClN2O2S/c1-2-4-14-6-9-16(10-7-14)23-20(25)15-8-11-17(22)18(13-15)24-21(26)19-5-3-12-27-19/h3,5-13H,2,4H2,1H3,(H,23,25)(H,24,26). The van der Waals surface area contributed by atoms with E-state index in [1.165, 1.54) is 16.9 Å². The van der Waals surface area contributed by atoms with Gasteiger partial charge in [0.05, 0.1) is 15.6 Å². The van der Waals surface area contributed by atoms with Crippen LogP contribution in [0.15, 0.2) is 60.0 Å². The topological polar surface area (TPSA) is 58.2 Å². The summed E-state index contributed by atoms with van der Waals surface area (Å²) in [4.78, 5) is 25.3. The number of carbonyl (C=O) groups is 2. The minimum atomic E-state index is -0.262. The number of hydrogen-bond acceptors (Lipinski definition) is 3. The number of nitrogens with one attached hydrogen (secondary N) is 2. The molecule has 0 atom stereocenters. The van der Waals surface area contributed by atoms with Crippen molar-refractivity contribution < 1.29 is 9.59 Å². The molecule has 2 aromatic carbocycles. The lowest BCUT2D eigenvalue weighted by Crippen LogP contribution is -2.14. The van der Waals surface area contributed by atoms with E-state index >= 15 is 0 Å². The molecular formula is C21H19ClN2O2S. The molecule has 0 spiro atoms. The Balaban J connectivity index is 1.72. The van der Waals surface area contributed by atoms with Crippen molar-refractivity contribution in [3.63, 3.8) is 0 Å². The Labute approximate surface area is 167 Å². The summed E-state index contributed by atoms with van der Waals surface area (Å²) >= 11 is 7.51. The van der Waals surface area contributed by atoms with E-state index in [0.717, 1.165) is 18.5 Å². The summed E-state index contributed by atoms with van der Waals surface area (Å²) in [7, 11) is 0. The maximum atomic E-state index is 12.5. The van der Waals surface area contributed by atoms with Crippen LogP contribution in [-0.4, -0.2) is 11.8 Å². The van der Waals surface area contributed by atoms with Gasteiger partial charge < -0.3 is 10.6 Å². The minimum Gasteiger partial charge on any atom is -0.322 e. The van der Waals surface area contributed by atoms with Crippen LogP contribution in [0.5, 0.6) is 0 Å². The van der Waals surface area contributed by atoms with Gasteiger partial charge in [-0.3, -0.25) is 9.59 Å². The first-order chi connectivity index (χ1) is 13.1. The third kappa shape index (κ3) is 4.96. The molecule has 1 heterocycles. The molecule has 0 unspecified atom stereocenters. The van der Waals surface area contributed by atoms with Gasteiger partial charge in [-0.1, -0.05) is 43.1 Å². The number of aryl methyl sites for hydroxylation is 1. The molecule has 27 heavy (non-hydrogen) atoms. The van der Waals surface area contributed by atoms with Gasteiger partial charge in [-0.25, -0.2) is 0 Å². The Morgan fingerprint density at radius 3 is 2.44 bits per heavy atom. The van der Waals surface area contributed by atoms with Crippen molar-refractivity contribution in [1.82, 2.24) is 0 Å². The smallest absolute Gasteiger partial charge is 0.265 e. The monoisotopic (exact) mass is 398 g/mol. The van der Waals surface area contributed by atoms with Crippen LogP contribution in [0.1, 0.15) is 38.9 Å². The SMILES string of the molecule is CCCc1ccc(NC(=O)c2ccc(Cl)c(NC(=O)c3cccs3)c2)cc1. The summed E-state index contributed by atoms with van der Waals surface area (Å²) in [6.45, 7) is 2.13. The Kier molecular flexibility index (Phi) is 6.27. The molecule has 1 aromatic heterocycles. The summed E-state index contributed by atoms with van der Waals surface area (Å²) in [6.07, 6.45) is 2.09. The number of hydrogen-bond donors (Lipinski definition) is 2. The van der Waals surface area contributed by atoms with E-state index in [1.54, 1.807) is 30.3 Å². The van der Waals surface area contributed by atoms with Crippen molar-refractivity contribution >= 4 is 46.1 Å². The molecule has 6 heteroatoms. The molecule has 0 aliphatic carbocycles. The zero-order valence-electron chi connectivity index (χ0n) is 14.8. The summed E-state index contributed by atoms with van der Waals surface area (Å²) in [5.41, 5.74) is 2.78. The maximum absolute atomic E-state index is 12.5. The van der Waals surface area contributed by atoms with Gasteiger partial charge in [0.15, 0.2) is 0 Å². The summed E-state index contributed by atoms with van der Waals surface area (Å²) in [5, 5.41) is 7.82. The second kappa shape index (κ2) is 8.84. The van der Waals surface area contributed by atoms with E-state index in [2.05, 4.69) is 17.6 Å². The van der Waals surface area contributed by atoms with Crippen LogP contribution in [0.4, 0.5) is 11.4 Å². The summed E-state index contributed by atoms with van der Waals surface area (Å²) < 4.78 is 0. The van der Waals surface area contributed by atoms with Gasteiger partial charge in [0.1, 0.15) is 0 Å². The highest BCUT2D eigenvalue weighted by Gasteiger charge is 2.13. The third-order valence-electron chi connectivity index (χ3n) is 3.97. The second-order valence-corrected chi connectivity index (χ2v) is 7.38. The molecule has 0 saturated heterocycles. The molecule has 2 amide bonds.